The number of hydrogen-bond acceptors (Lipinski definition) is 2. The normalized spacial score (nSPS) is 9.56. The molecule has 0 radical (unpaired) electrons. The average molecular weight is 236 g/mol. The standard InChI is InChI=1S/C15H9FN2/c1-10-12(8-17)7-13(15(16)14(10)9-18)11-5-3-2-4-6-11/h2-7H,1H3. The van der Waals surface area contributed by atoms with Crippen LogP contribution < -0.4 is 0 Å². The lowest BCUT2D eigenvalue weighted by Gasteiger charge is -2.08. The Labute approximate surface area is 105 Å². The van der Waals surface area contributed by atoms with Gasteiger partial charge in [-0.1, -0.05) is 30.3 Å². The molecular formula is C15H9FN2. The van der Waals surface area contributed by atoms with Crippen molar-refractivity contribution in [3.8, 4) is 23.3 Å². The second-order valence-electron chi connectivity index (χ2n) is 3.88. The zero-order chi connectivity index (χ0) is 13.1. The Bertz CT molecular complexity index is 676. The molecule has 0 aromatic heterocycles. The van der Waals surface area contributed by atoms with E-state index in [0.717, 1.165) is 0 Å². The molecule has 0 fully saturated rings. The van der Waals surface area contributed by atoms with Crippen molar-refractivity contribution in [2.75, 3.05) is 0 Å². The molecular weight excluding hydrogens is 227 g/mol. The average Bonchev–Trinajstić information content (AvgIpc) is 2.41. The van der Waals surface area contributed by atoms with Gasteiger partial charge < -0.3 is 0 Å². The predicted octanol–water partition coefficient (Wildman–Crippen LogP) is 3.54. The summed E-state index contributed by atoms with van der Waals surface area (Å²) in [5.74, 6) is -0.569. The topological polar surface area (TPSA) is 47.6 Å². The molecule has 0 spiro atoms. The Morgan fingerprint density at radius 3 is 2.28 bits per heavy atom. The van der Waals surface area contributed by atoms with Crippen LogP contribution in [-0.2, 0) is 0 Å². The summed E-state index contributed by atoms with van der Waals surface area (Å²) < 4.78 is 14.2. The fourth-order valence-electron chi connectivity index (χ4n) is 1.83. The van der Waals surface area contributed by atoms with Crippen molar-refractivity contribution in [1.29, 1.82) is 10.5 Å². The summed E-state index contributed by atoms with van der Waals surface area (Å²) >= 11 is 0. The third-order valence-corrected chi connectivity index (χ3v) is 2.84. The minimum atomic E-state index is -0.569. The van der Waals surface area contributed by atoms with Crippen LogP contribution in [0.3, 0.4) is 0 Å². The molecule has 0 amide bonds. The molecule has 0 bridgehead atoms. The predicted molar refractivity (Wildman–Crippen MR) is 66.0 cm³/mol. The molecule has 2 rings (SSSR count). The van der Waals surface area contributed by atoms with E-state index in [1.54, 1.807) is 31.2 Å². The van der Waals surface area contributed by atoms with Crippen LogP contribution in [0.1, 0.15) is 16.7 Å². The first-order chi connectivity index (χ1) is 8.69. The maximum Gasteiger partial charge on any atom is 0.149 e. The van der Waals surface area contributed by atoms with Crippen LogP contribution in [0.25, 0.3) is 11.1 Å². The zero-order valence-electron chi connectivity index (χ0n) is 9.74. The number of halogens is 1. The van der Waals surface area contributed by atoms with E-state index in [1.165, 1.54) is 6.07 Å². The first kappa shape index (κ1) is 11.8. The van der Waals surface area contributed by atoms with Gasteiger partial charge in [0.2, 0.25) is 0 Å². The van der Waals surface area contributed by atoms with E-state index >= 15 is 0 Å². The van der Waals surface area contributed by atoms with Crippen LogP contribution in [0, 0.1) is 35.4 Å². The van der Waals surface area contributed by atoms with Crippen LogP contribution in [0.2, 0.25) is 0 Å². The van der Waals surface area contributed by atoms with E-state index < -0.39 is 5.82 Å². The summed E-state index contributed by atoms with van der Waals surface area (Å²) in [5, 5.41) is 18.0. The Morgan fingerprint density at radius 2 is 1.72 bits per heavy atom. The fraction of sp³-hybridized carbons (Fsp3) is 0.0667. The third-order valence-electron chi connectivity index (χ3n) is 2.84. The van der Waals surface area contributed by atoms with Crippen molar-refractivity contribution < 1.29 is 4.39 Å². The minimum absolute atomic E-state index is 0.0621. The number of rotatable bonds is 1. The van der Waals surface area contributed by atoms with Crippen molar-refractivity contribution in [3.63, 3.8) is 0 Å². The number of nitriles is 2. The molecule has 86 valence electrons. The quantitative estimate of drug-likeness (QED) is 0.760. The maximum atomic E-state index is 14.2. The van der Waals surface area contributed by atoms with Crippen LogP contribution in [0.15, 0.2) is 36.4 Å². The zero-order valence-corrected chi connectivity index (χ0v) is 9.74. The van der Waals surface area contributed by atoms with E-state index in [0.29, 0.717) is 16.7 Å². The summed E-state index contributed by atoms with van der Waals surface area (Å²) in [6.07, 6.45) is 0. The molecule has 0 heterocycles. The van der Waals surface area contributed by atoms with E-state index in [2.05, 4.69) is 0 Å². The van der Waals surface area contributed by atoms with E-state index in [1.807, 2.05) is 18.2 Å². The number of benzene rings is 2. The largest absolute Gasteiger partial charge is 0.205 e. The summed E-state index contributed by atoms with van der Waals surface area (Å²) in [5.41, 5.74) is 1.59. The van der Waals surface area contributed by atoms with Crippen LogP contribution in [0.4, 0.5) is 4.39 Å². The Balaban J connectivity index is 2.79. The van der Waals surface area contributed by atoms with Crippen LogP contribution in [-0.4, -0.2) is 0 Å². The van der Waals surface area contributed by atoms with Gasteiger partial charge in [-0.2, -0.15) is 10.5 Å². The first-order valence-electron chi connectivity index (χ1n) is 5.37. The van der Waals surface area contributed by atoms with Crippen LogP contribution >= 0.6 is 0 Å². The van der Waals surface area contributed by atoms with Gasteiger partial charge in [0.25, 0.3) is 0 Å². The monoisotopic (exact) mass is 236 g/mol. The molecule has 0 aliphatic heterocycles. The lowest BCUT2D eigenvalue weighted by Crippen LogP contribution is -1.97. The van der Waals surface area contributed by atoms with Crippen molar-refractivity contribution >= 4 is 0 Å². The van der Waals surface area contributed by atoms with Gasteiger partial charge in [-0.15, -0.1) is 0 Å². The highest BCUT2D eigenvalue weighted by Gasteiger charge is 2.16. The van der Waals surface area contributed by atoms with Gasteiger partial charge in [0.15, 0.2) is 0 Å². The van der Waals surface area contributed by atoms with Crippen molar-refractivity contribution in [2.24, 2.45) is 0 Å². The molecule has 2 nitrogen and oxygen atoms in total. The van der Waals surface area contributed by atoms with E-state index in [4.69, 9.17) is 10.5 Å². The van der Waals surface area contributed by atoms with Gasteiger partial charge in [0.1, 0.15) is 11.9 Å². The van der Waals surface area contributed by atoms with Crippen molar-refractivity contribution in [1.82, 2.24) is 0 Å². The van der Waals surface area contributed by atoms with Gasteiger partial charge in [-0.3, -0.25) is 0 Å². The SMILES string of the molecule is Cc1c(C#N)cc(-c2ccccc2)c(F)c1C#N. The molecule has 0 aliphatic carbocycles. The molecule has 2 aromatic carbocycles. The van der Waals surface area contributed by atoms with Gasteiger partial charge in [0.05, 0.1) is 17.2 Å². The molecule has 0 aliphatic rings. The maximum absolute atomic E-state index is 14.2. The smallest absolute Gasteiger partial charge is 0.149 e. The van der Waals surface area contributed by atoms with Gasteiger partial charge in [-0.25, -0.2) is 4.39 Å². The molecule has 0 atom stereocenters. The lowest BCUT2D eigenvalue weighted by molar-refractivity contribution is 0.626. The summed E-state index contributed by atoms with van der Waals surface area (Å²) in [7, 11) is 0. The number of hydrogen-bond donors (Lipinski definition) is 0. The van der Waals surface area contributed by atoms with E-state index in [9.17, 15) is 4.39 Å². The van der Waals surface area contributed by atoms with Crippen LogP contribution in [0.5, 0.6) is 0 Å². The molecule has 3 heteroatoms. The summed E-state index contributed by atoms with van der Waals surface area (Å²) in [6.45, 7) is 1.58. The Kier molecular flexibility index (Phi) is 3.08. The number of nitrogens with zero attached hydrogens (tertiary/aromatic N) is 2. The van der Waals surface area contributed by atoms with Gasteiger partial charge in [-0.05, 0) is 24.1 Å². The van der Waals surface area contributed by atoms with E-state index in [-0.39, 0.29) is 11.1 Å². The molecule has 0 N–H and O–H groups in total. The molecule has 0 unspecified atom stereocenters. The highest BCUT2D eigenvalue weighted by Crippen LogP contribution is 2.28. The van der Waals surface area contributed by atoms with Crippen molar-refractivity contribution in [3.05, 3.63) is 58.9 Å². The second-order valence-corrected chi connectivity index (χ2v) is 3.88. The summed E-state index contributed by atoms with van der Waals surface area (Å²) in [4.78, 5) is 0. The first-order valence-corrected chi connectivity index (χ1v) is 5.37. The highest BCUT2D eigenvalue weighted by molar-refractivity contribution is 5.70. The highest BCUT2D eigenvalue weighted by atomic mass is 19.1. The molecule has 18 heavy (non-hydrogen) atoms. The van der Waals surface area contributed by atoms with Gasteiger partial charge >= 0.3 is 0 Å². The third kappa shape index (κ3) is 1.83. The Hall–Kier alpha value is -2.65. The molecule has 0 saturated heterocycles. The lowest BCUT2D eigenvalue weighted by atomic mass is 9.95. The fourth-order valence-corrected chi connectivity index (χ4v) is 1.83. The van der Waals surface area contributed by atoms with Gasteiger partial charge in [0, 0.05) is 5.56 Å². The Morgan fingerprint density at radius 1 is 1.06 bits per heavy atom. The minimum Gasteiger partial charge on any atom is -0.205 e. The molecule has 2 aromatic rings. The summed E-state index contributed by atoms with van der Waals surface area (Å²) in [6, 6.07) is 14.2. The molecule has 0 saturated carbocycles. The second kappa shape index (κ2) is 4.69. The van der Waals surface area contributed by atoms with Crippen molar-refractivity contribution in [2.45, 2.75) is 6.92 Å².